The summed E-state index contributed by atoms with van der Waals surface area (Å²) in [4.78, 5) is 29.4. The first-order chi connectivity index (χ1) is 14.2. The van der Waals surface area contributed by atoms with Crippen molar-refractivity contribution in [3.63, 3.8) is 0 Å². The lowest BCUT2D eigenvalue weighted by Gasteiger charge is -2.37. The summed E-state index contributed by atoms with van der Waals surface area (Å²) >= 11 is 0. The van der Waals surface area contributed by atoms with Crippen molar-refractivity contribution in [3.05, 3.63) is 65.9 Å². The molecule has 148 valence electrons. The van der Waals surface area contributed by atoms with Crippen LogP contribution in [0.15, 0.2) is 59.2 Å². The second kappa shape index (κ2) is 7.28. The van der Waals surface area contributed by atoms with Crippen LogP contribution in [0.1, 0.15) is 22.3 Å². The van der Waals surface area contributed by atoms with E-state index >= 15 is 0 Å². The molecule has 0 spiro atoms. The molecule has 2 aliphatic rings. The molecule has 2 aliphatic heterocycles. The fourth-order valence-electron chi connectivity index (χ4n) is 4.11. The van der Waals surface area contributed by atoms with Gasteiger partial charge < -0.3 is 19.0 Å². The molecule has 2 aromatic carbocycles. The Balaban J connectivity index is 1.21. The standard InChI is InChI=1S/C23H22N2O4/c26-22(18-6-7-19-17(15-18)9-14-28-19)24-10-12-25(13-11-24)23(27)21-8-5-16-3-1-2-4-20(16)29-21/h1-4,6-7,9,14-15,21H,5,8,10-13H2. The summed E-state index contributed by atoms with van der Waals surface area (Å²) in [6.07, 6.45) is 2.73. The molecular weight excluding hydrogens is 368 g/mol. The van der Waals surface area contributed by atoms with Crippen molar-refractivity contribution < 1.29 is 18.7 Å². The van der Waals surface area contributed by atoms with Gasteiger partial charge in [0.2, 0.25) is 0 Å². The van der Waals surface area contributed by atoms with Crippen molar-refractivity contribution in [2.75, 3.05) is 26.2 Å². The van der Waals surface area contributed by atoms with Gasteiger partial charge >= 0.3 is 0 Å². The number of carbonyl (C=O) groups excluding carboxylic acids is 2. The summed E-state index contributed by atoms with van der Waals surface area (Å²) in [5, 5.41) is 0.916. The van der Waals surface area contributed by atoms with E-state index in [1.165, 1.54) is 0 Å². The van der Waals surface area contributed by atoms with E-state index in [4.69, 9.17) is 9.15 Å². The highest BCUT2D eigenvalue weighted by Crippen LogP contribution is 2.28. The maximum absolute atomic E-state index is 12.9. The Morgan fingerprint density at radius 2 is 1.72 bits per heavy atom. The van der Waals surface area contributed by atoms with Crippen molar-refractivity contribution in [3.8, 4) is 5.75 Å². The van der Waals surface area contributed by atoms with E-state index in [2.05, 4.69) is 0 Å². The van der Waals surface area contributed by atoms with Gasteiger partial charge in [0.15, 0.2) is 6.10 Å². The zero-order valence-corrected chi connectivity index (χ0v) is 16.0. The molecule has 2 amide bonds. The average molecular weight is 390 g/mol. The third-order valence-electron chi connectivity index (χ3n) is 5.77. The number of piperazine rings is 1. The number of hydrogen-bond donors (Lipinski definition) is 0. The first kappa shape index (κ1) is 17.8. The molecule has 0 aliphatic carbocycles. The zero-order chi connectivity index (χ0) is 19.8. The monoisotopic (exact) mass is 390 g/mol. The van der Waals surface area contributed by atoms with Gasteiger partial charge in [-0.25, -0.2) is 0 Å². The molecule has 0 bridgehead atoms. The number of benzene rings is 2. The van der Waals surface area contributed by atoms with Crippen molar-refractivity contribution in [1.29, 1.82) is 0 Å². The van der Waals surface area contributed by atoms with Crippen LogP contribution in [0.2, 0.25) is 0 Å². The van der Waals surface area contributed by atoms with Crippen LogP contribution < -0.4 is 4.74 Å². The lowest BCUT2D eigenvalue weighted by Crippen LogP contribution is -2.54. The van der Waals surface area contributed by atoms with Crippen LogP contribution in [-0.2, 0) is 11.2 Å². The molecule has 29 heavy (non-hydrogen) atoms. The SMILES string of the molecule is O=C(c1ccc2occc2c1)N1CCN(C(=O)C2CCc3ccccc3O2)CC1. The number of para-hydroxylation sites is 1. The summed E-state index contributed by atoms with van der Waals surface area (Å²) in [5.74, 6) is 0.815. The van der Waals surface area contributed by atoms with Gasteiger partial charge in [0.05, 0.1) is 6.26 Å². The Kier molecular flexibility index (Phi) is 4.46. The Labute approximate surface area is 168 Å². The second-order valence-electron chi connectivity index (χ2n) is 7.54. The number of fused-ring (bicyclic) bond motifs is 2. The summed E-state index contributed by atoms with van der Waals surface area (Å²) in [7, 11) is 0. The third-order valence-corrected chi connectivity index (χ3v) is 5.77. The van der Waals surface area contributed by atoms with Crippen molar-refractivity contribution in [2.45, 2.75) is 18.9 Å². The van der Waals surface area contributed by atoms with Gasteiger partial charge in [-0.2, -0.15) is 0 Å². The van der Waals surface area contributed by atoms with Gasteiger partial charge in [-0.15, -0.1) is 0 Å². The number of hydrogen-bond acceptors (Lipinski definition) is 4. The number of carbonyl (C=O) groups is 2. The molecule has 0 N–H and O–H groups in total. The highest BCUT2D eigenvalue weighted by molar-refractivity contribution is 5.98. The van der Waals surface area contributed by atoms with E-state index in [0.717, 1.165) is 28.7 Å². The van der Waals surface area contributed by atoms with Crippen LogP contribution in [0.5, 0.6) is 5.75 Å². The quantitative estimate of drug-likeness (QED) is 0.675. The Morgan fingerprint density at radius 3 is 2.59 bits per heavy atom. The molecule has 6 heteroatoms. The van der Waals surface area contributed by atoms with Gasteiger partial charge in [-0.1, -0.05) is 18.2 Å². The lowest BCUT2D eigenvalue weighted by atomic mass is 10.0. The normalized spacial score (nSPS) is 19.0. The van der Waals surface area contributed by atoms with Crippen LogP contribution in [-0.4, -0.2) is 53.9 Å². The van der Waals surface area contributed by atoms with Crippen LogP contribution >= 0.6 is 0 Å². The average Bonchev–Trinajstić information content (AvgIpc) is 3.26. The van der Waals surface area contributed by atoms with E-state index in [0.29, 0.717) is 38.2 Å². The Bertz CT molecular complexity index is 1070. The van der Waals surface area contributed by atoms with Crippen molar-refractivity contribution in [2.24, 2.45) is 0 Å². The summed E-state index contributed by atoms with van der Waals surface area (Å²) in [5.41, 5.74) is 2.57. The number of nitrogens with zero attached hydrogens (tertiary/aromatic N) is 2. The molecule has 0 radical (unpaired) electrons. The van der Waals surface area contributed by atoms with Gasteiger partial charge in [-0.3, -0.25) is 9.59 Å². The number of furan rings is 1. The molecule has 1 aromatic heterocycles. The smallest absolute Gasteiger partial charge is 0.263 e. The minimum atomic E-state index is -0.435. The third kappa shape index (κ3) is 3.35. The predicted molar refractivity (Wildman–Crippen MR) is 108 cm³/mol. The molecule has 5 rings (SSSR count). The molecule has 1 saturated heterocycles. The van der Waals surface area contributed by atoms with E-state index in [-0.39, 0.29) is 11.8 Å². The number of ether oxygens (including phenoxy) is 1. The second-order valence-corrected chi connectivity index (χ2v) is 7.54. The van der Waals surface area contributed by atoms with E-state index in [1.54, 1.807) is 12.3 Å². The molecule has 1 atom stereocenters. The van der Waals surface area contributed by atoms with E-state index in [9.17, 15) is 9.59 Å². The molecule has 3 aromatic rings. The first-order valence-electron chi connectivity index (χ1n) is 9.99. The highest BCUT2D eigenvalue weighted by atomic mass is 16.5. The van der Waals surface area contributed by atoms with Gasteiger partial charge in [0.25, 0.3) is 11.8 Å². The van der Waals surface area contributed by atoms with Crippen LogP contribution in [0, 0.1) is 0 Å². The first-order valence-corrected chi connectivity index (χ1v) is 9.99. The van der Waals surface area contributed by atoms with Gasteiger partial charge in [0.1, 0.15) is 11.3 Å². The zero-order valence-electron chi connectivity index (χ0n) is 16.0. The minimum absolute atomic E-state index is 0.0111. The molecular formula is C23H22N2O4. The summed E-state index contributed by atoms with van der Waals surface area (Å²) < 4.78 is 11.3. The predicted octanol–water partition coefficient (Wildman–Crippen LogP) is 3.11. The highest BCUT2D eigenvalue weighted by Gasteiger charge is 2.32. The fraction of sp³-hybridized carbons (Fsp3) is 0.304. The molecule has 3 heterocycles. The van der Waals surface area contributed by atoms with Crippen molar-refractivity contribution in [1.82, 2.24) is 9.80 Å². The molecule has 1 unspecified atom stereocenters. The Morgan fingerprint density at radius 1 is 0.931 bits per heavy atom. The lowest BCUT2D eigenvalue weighted by molar-refractivity contribution is -0.141. The van der Waals surface area contributed by atoms with Crippen LogP contribution in [0.3, 0.4) is 0 Å². The number of rotatable bonds is 2. The minimum Gasteiger partial charge on any atom is -0.480 e. The van der Waals surface area contributed by atoms with Gasteiger partial charge in [-0.05, 0) is 48.7 Å². The number of amides is 2. The molecule has 0 saturated carbocycles. The summed E-state index contributed by atoms with van der Waals surface area (Å²) in [6.45, 7) is 2.11. The van der Waals surface area contributed by atoms with Crippen LogP contribution in [0.4, 0.5) is 0 Å². The van der Waals surface area contributed by atoms with Gasteiger partial charge in [0, 0.05) is 37.1 Å². The number of aryl methyl sites for hydroxylation is 1. The fourth-order valence-corrected chi connectivity index (χ4v) is 4.11. The maximum atomic E-state index is 12.9. The molecule has 1 fully saturated rings. The van der Waals surface area contributed by atoms with E-state index < -0.39 is 6.10 Å². The summed E-state index contributed by atoms with van der Waals surface area (Å²) in [6, 6.07) is 15.2. The molecule has 6 nitrogen and oxygen atoms in total. The van der Waals surface area contributed by atoms with Crippen molar-refractivity contribution >= 4 is 22.8 Å². The Hall–Kier alpha value is -3.28. The largest absolute Gasteiger partial charge is 0.480 e. The maximum Gasteiger partial charge on any atom is 0.263 e. The topological polar surface area (TPSA) is 63.0 Å². The van der Waals surface area contributed by atoms with Crippen LogP contribution in [0.25, 0.3) is 11.0 Å². The van der Waals surface area contributed by atoms with E-state index in [1.807, 2.05) is 52.3 Å².